The van der Waals surface area contributed by atoms with Crippen LogP contribution in [0.5, 0.6) is 0 Å². The van der Waals surface area contributed by atoms with Crippen LogP contribution in [0.4, 0.5) is 0 Å². The summed E-state index contributed by atoms with van der Waals surface area (Å²) in [5, 5.41) is 21.0. The largest absolute Gasteiger partial charge is 0.455 e. The molecular weight excluding hydrogens is 232 g/mol. The van der Waals surface area contributed by atoms with Crippen LogP contribution in [0.3, 0.4) is 0 Å². The van der Waals surface area contributed by atoms with Crippen LogP contribution in [-0.2, 0) is 9.53 Å². The van der Waals surface area contributed by atoms with Crippen LogP contribution in [0.1, 0.15) is 45.4 Å². The van der Waals surface area contributed by atoms with Crippen molar-refractivity contribution in [2.24, 2.45) is 5.92 Å². The molecular formula is C14H20O4. The first-order chi connectivity index (χ1) is 8.23. The second-order valence-corrected chi connectivity index (χ2v) is 6.81. The van der Waals surface area contributed by atoms with Crippen LogP contribution in [0, 0.1) is 5.92 Å². The van der Waals surface area contributed by atoms with E-state index in [0.717, 1.165) is 19.3 Å². The second-order valence-electron chi connectivity index (χ2n) is 6.81. The zero-order valence-corrected chi connectivity index (χ0v) is 10.7. The van der Waals surface area contributed by atoms with E-state index in [4.69, 9.17) is 4.74 Å². The lowest BCUT2D eigenvalue weighted by Gasteiger charge is -2.62. The van der Waals surface area contributed by atoms with Crippen molar-refractivity contribution in [1.29, 1.82) is 0 Å². The molecule has 100 valence electrons. The van der Waals surface area contributed by atoms with Gasteiger partial charge in [0.25, 0.3) is 0 Å². The van der Waals surface area contributed by atoms with E-state index in [1.807, 2.05) is 0 Å². The molecule has 4 fully saturated rings. The molecule has 4 atom stereocenters. The van der Waals surface area contributed by atoms with E-state index in [1.165, 1.54) is 0 Å². The van der Waals surface area contributed by atoms with Crippen molar-refractivity contribution < 1.29 is 19.7 Å². The summed E-state index contributed by atoms with van der Waals surface area (Å²) < 4.78 is 5.58. The second kappa shape index (κ2) is 3.36. The maximum atomic E-state index is 11.8. The SMILES string of the molecule is C=C(C)C(=O)OC12CC3CC(O)(C1)C[C@](O)(C3)C2. The lowest BCUT2D eigenvalue weighted by molar-refractivity contribution is -0.259. The van der Waals surface area contributed by atoms with Crippen LogP contribution in [0.2, 0.25) is 0 Å². The molecule has 0 aromatic heterocycles. The van der Waals surface area contributed by atoms with Crippen LogP contribution >= 0.6 is 0 Å². The number of carbonyl (C=O) groups excluding carboxylic acids is 1. The van der Waals surface area contributed by atoms with E-state index in [2.05, 4.69) is 6.58 Å². The Labute approximate surface area is 107 Å². The van der Waals surface area contributed by atoms with Gasteiger partial charge < -0.3 is 14.9 Å². The van der Waals surface area contributed by atoms with Gasteiger partial charge in [0.1, 0.15) is 5.60 Å². The minimum atomic E-state index is -0.858. The molecule has 0 radical (unpaired) electrons. The van der Waals surface area contributed by atoms with Gasteiger partial charge in [-0.1, -0.05) is 6.58 Å². The first-order valence-electron chi connectivity index (χ1n) is 6.57. The van der Waals surface area contributed by atoms with E-state index in [1.54, 1.807) is 6.92 Å². The molecule has 4 saturated carbocycles. The first kappa shape index (κ1) is 12.2. The van der Waals surface area contributed by atoms with Crippen LogP contribution in [0.25, 0.3) is 0 Å². The summed E-state index contributed by atoms with van der Waals surface area (Å²) in [5.74, 6) is -0.154. The monoisotopic (exact) mass is 252 g/mol. The predicted molar refractivity (Wildman–Crippen MR) is 64.7 cm³/mol. The van der Waals surface area contributed by atoms with E-state index in [-0.39, 0.29) is 5.92 Å². The summed E-state index contributed by atoms with van der Waals surface area (Å²) in [6.45, 7) is 5.21. The molecule has 0 amide bonds. The average molecular weight is 252 g/mol. The number of hydrogen-bond donors (Lipinski definition) is 2. The van der Waals surface area contributed by atoms with Crippen molar-refractivity contribution in [3.63, 3.8) is 0 Å². The normalized spacial score (nSPS) is 49.2. The quantitative estimate of drug-likeness (QED) is 0.574. The molecule has 3 unspecified atom stereocenters. The summed E-state index contributed by atoms with van der Waals surface area (Å²) in [4.78, 5) is 11.8. The molecule has 0 spiro atoms. The zero-order valence-electron chi connectivity index (χ0n) is 10.7. The minimum Gasteiger partial charge on any atom is -0.455 e. The number of ether oxygens (including phenoxy) is 1. The Balaban J connectivity index is 1.89. The lowest BCUT2D eigenvalue weighted by Crippen LogP contribution is -2.66. The van der Waals surface area contributed by atoms with Crippen LogP contribution in [0.15, 0.2) is 12.2 Å². The lowest BCUT2D eigenvalue weighted by atomic mass is 9.50. The van der Waals surface area contributed by atoms with Crippen molar-refractivity contribution >= 4 is 5.97 Å². The van der Waals surface area contributed by atoms with Gasteiger partial charge in [-0.2, -0.15) is 0 Å². The van der Waals surface area contributed by atoms with E-state index in [9.17, 15) is 15.0 Å². The average Bonchev–Trinajstić information content (AvgIpc) is 2.09. The smallest absolute Gasteiger partial charge is 0.333 e. The van der Waals surface area contributed by atoms with E-state index < -0.39 is 22.8 Å². The molecule has 2 N–H and O–H groups in total. The first-order valence-corrected chi connectivity index (χ1v) is 6.57. The molecule has 0 aromatic rings. The Morgan fingerprint density at radius 3 is 2.17 bits per heavy atom. The molecule has 4 aliphatic rings. The van der Waals surface area contributed by atoms with Crippen molar-refractivity contribution in [3.05, 3.63) is 12.2 Å². The van der Waals surface area contributed by atoms with Gasteiger partial charge >= 0.3 is 5.97 Å². The summed E-state index contributed by atoms with van der Waals surface area (Å²) >= 11 is 0. The molecule has 4 nitrogen and oxygen atoms in total. The van der Waals surface area contributed by atoms with Crippen molar-refractivity contribution in [2.75, 3.05) is 0 Å². The highest BCUT2D eigenvalue weighted by Gasteiger charge is 2.64. The Kier molecular flexibility index (Phi) is 2.28. The number of esters is 1. The minimum absolute atomic E-state index is 0.258. The summed E-state index contributed by atoms with van der Waals surface area (Å²) in [7, 11) is 0. The molecule has 0 aromatic carbocycles. The Bertz CT molecular complexity index is 410. The van der Waals surface area contributed by atoms with E-state index >= 15 is 0 Å². The molecule has 0 aliphatic heterocycles. The van der Waals surface area contributed by atoms with Crippen LogP contribution in [-0.4, -0.2) is 33.0 Å². The highest BCUT2D eigenvalue weighted by molar-refractivity contribution is 5.87. The number of hydrogen-bond acceptors (Lipinski definition) is 4. The maximum Gasteiger partial charge on any atom is 0.333 e. The summed E-state index contributed by atoms with van der Waals surface area (Å²) in [6, 6.07) is 0. The topological polar surface area (TPSA) is 66.8 Å². The van der Waals surface area contributed by atoms with Gasteiger partial charge in [0, 0.05) is 24.8 Å². The van der Waals surface area contributed by atoms with Gasteiger partial charge in [0.05, 0.1) is 11.2 Å². The van der Waals surface area contributed by atoms with Crippen LogP contribution < -0.4 is 0 Å². The van der Waals surface area contributed by atoms with Crippen molar-refractivity contribution in [3.8, 4) is 0 Å². The third kappa shape index (κ3) is 1.79. The van der Waals surface area contributed by atoms with Crippen molar-refractivity contribution in [2.45, 2.75) is 62.3 Å². The molecule has 4 bridgehead atoms. The zero-order chi connectivity index (χ0) is 13.2. The third-order valence-corrected chi connectivity index (χ3v) is 4.62. The molecule has 4 aliphatic carbocycles. The fraction of sp³-hybridized carbons (Fsp3) is 0.786. The van der Waals surface area contributed by atoms with Gasteiger partial charge in [0.15, 0.2) is 0 Å². The molecule has 18 heavy (non-hydrogen) atoms. The highest BCUT2D eigenvalue weighted by Crippen LogP contribution is 2.60. The number of carbonyl (C=O) groups is 1. The van der Waals surface area contributed by atoms with E-state index in [0.29, 0.717) is 24.8 Å². The van der Waals surface area contributed by atoms with Gasteiger partial charge in [0.2, 0.25) is 0 Å². The van der Waals surface area contributed by atoms with Gasteiger partial charge in [-0.25, -0.2) is 4.79 Å². The van der Waals surface area contributed by atoms with Crippen molar-refractivity contribution in [1.82, 2.24) is 0 Å². The molecule has 0 saturated heterocycles. The Morgan fingerprint density at radius 1 is 1.17 bits per heavy atom. The van der Waals surface area contributed by atoms with Gasteiger partial charge in [-0.05, 0) is 32.1 Å². The summed E-state index contributed by atoms with van der Waals surface area (Å²) in [5.41, 5.74) is -2.03. The predicted octanol–water partition coefficient (Wildman–Crippen LogP) is 1.30. The fourth-order valence-electron chi connectivity index (χ4n) is 4.65. The Morgan fingerprint density at radius 2 is 1.72 bits per heavy atom. The summed E-state index contributed by atoms with van der Waals surface area (Å²) in [6.07, 6.45) is 3.54. The fourth-order valence-corrected chi connectivity index (χ4v) is 4.65. The standard InChI is InChI=1S/C14H20O4/c1-9(2)11(15)18-14-5-10-3-12(16,7-14)6-13(17,4-10)8-14/h10,16-17H,1,3-8H2,2H3/t10?,12-,13?,14?/m1/s1. The number of rotatable bonds is 2. The molecule has 4 rings (SSSR count). The third-order valence-electron chi connectivity index (χ3n) is 4.62. The van der Waals surface area contributed by atoms with Gasteiger partial charge in [-0.3, -0.25) is 0 Å². The Hall–Kier alpha value is -0.870. The maximum absolute atomic E-state index is 11.8. The highest BCUT2D eigenvalue weighted by atomic mass is 16.6. The number of aliphatic hydroxyl groups is 2. The molecule has 0 heterocycles. The van der Waals surface area contributed by atoms with Gasteiger partial charge in [-0.15, -0.1) is 0 Å². The molecule has 4 heteroatoms.